The molecule has 0 heterocycles. The lowest BCUT2D eigenvalue weighted by molar-refractivity contribution is -0.139. The van der Waals surface area contributed by atoms with Crippen LogP contribution in [0.2, 0.25) is 10.0 Å². The Labute approximate surface area is 193 Å². The van der Waals surface area contributed by atoms with Crippen LogP contribution in [0.3, 0.4) is 0 Å². The van der Waals surface area contributed by atoms with Gasteiger partial charge in [0, 0.05) is 33.6 Å². The van der Waals surface area contributed by atoms with Crippen LogP contribution in [0.5, 0.6) is 0 Å². The first-order valence-corrected chi connectivity index (χ1v) is 11.9. The molecule has 4 nitrogen and oxygen atoms in total. The van der Waals surface area contributed by atoms with Crippen LogP contribution in [0.15, 0.2) is 53.4 Å². The molecule has 2 aromatic carbocycles. The third-order valence-electron chi connectivity index (χ3n) is 4.71. The van der Waals surface area contributed by atoms with Crippen LogP contribution in [0.1, 0.15) is 38.7 Å². The molecule has 0 aliphatic carbocycles. The van der Waals surface area contributed by atoms with Crippen molar-refractivity contribution < 1.29 is 9.59 Å². The van der Waals surface area contributed by atoms with Crippen LogP contribution in [0, 0.1) is 0 Å². The summed E-state index contributed by atoms with van der Waals surface area (Å²) >= 11 is 14.2. The van der Waals surface area contributed by atoms with Crippen LogP contribution in [0.25, 0.3) is 0 Å². The number of amides is 2. The molecular formula is C23H28Cl2N2O2S. The number of rotatable bonds is 11. The molecule has 2 amide bonds. The van der Waals surface area contributed by atoms with Crippen molar-refractivity contribution in [1.29, 1.82) is 0 Å². The standard InChI is InChI=1S/C23H28Cl2N2O2S/c1-3-5-14-26-23(29)21(4-2)27(15-18-19(24)12-9-13-20(18)25)22(28)16-30-17-10-7-6-8-11-17/h6-13,21H,3-5,14-16H2,1-2H3,(H,26,29). The molecule has 0 fully saturated rings. The molecule has 2 rings (SSSR count). The maximum atomic E-state index is 13.2. The third-order valence-corrected chi connectivity index (χ3v) is 6.42. The average Bonchev–Trinajstić information content (AvgIpc) is 2.75. The monoisotopic (exact) mass is 466 g/mol. The number of hydrogen-bond donors (Lipinski definition) is 1. The lowest BCUT2D eigenvalue weighted by atomic mass is 10.1. The van der Waals surface area contributed by atoms with Crippen molar-refractivity contribution in [3.05, 3.63) is 64.1 Å². The molecule has 0 aromatic heterocycles. The second-order valence-electron chi connectivity index (χ2n) is 6.89. The van der Waals surface area contributed by atoms with Crippen molar-refractivity contribution in [2.24, 2.45) is 0 Å². The largest absolute Gasteiger partial charge is 0.354 e. The Balaban J connectivity index is 2.23. The number of unbranched alkanes of at least 4 members (excludes halogenated alkanes) is 1. The van der Waals surface area contributed by atoms with Gasteiger partial charge >= 0.3 is 0 Å². The molecule has 0 aliphatic rings. The number of thioether (sulfide) groups is 1. The van der Waals surface area contributed by atoms with Gasteiger partial charge in [0.1, 0.15) is 6.04 Å². The number of nitrogens with zero attached hydrogens (tertiary/aromatic N) is 1. The summed E-state index contributed by atoms with van der Waals surface area (Å²) in [7, 11) is 0. The lowest BCUT2D eigenvalue weighted by Crippen LogP contribution is -2.49. The maximum absolute atomic E-state index is 13.2. The van der Waals surface area contributed by atoms with Gasteiger partial charge in [0.25, 0.3) is 0 Å². The Morgan fingerprint density at radius 3 is 2.30 bits per heavy atom. The van der Waals surface area contributed by atoms with Gasteiger partial charge in [0.2, 0.25) is 11.8 Å². The predicted octanol–water partition coefficient (Wildman–Crippen LogP) is 5.81. The second kappa shape index (κ2) is 12.9. The summed E-state index contributed by atoms with van der Waals surface area (Å²) in [4.78, 5) is 28.7. The van der Waals surface area contributed by atoms with Crippen LogP contribution >= 0.6 is 35.0 Å². The van der Waals surface area contributed by atoms with Gasteiger partial charge in [-0.2, -0.15) is 0 Å². The quantitative estimate of drug-likeness (QED) is 0.335. The zero-order valence-electron chi connectivity index (χ0n) is 17.4. The molecule has 0 saturated heterocycles. The summed E-state index contributed by atoms with van der Waals surface area (Å²) in [6, 6.07) is 14.4. The first-order valence-electron chi connectivity index (χ1n) is 10.2. The van der Waals surface area contributed by atoms with Crippen LogP contribution < -0.4 is 5.32 Å². The summed E-state index contributed by atoms with van der Waals surface area (Å²) in [6.45, 7) is 4.76. The molecule has 162 valence electrons. The minimum atomic E-state index is -0.585. The van der Waals surface area contributed by atoms with E-state index in [2.05, 4.69) is 12.2 Å². The van der Waals surface area contributed by atoms with E-state index in [1.165, 1.54) is 11.8 Å². The fraction of sp³-hybridized carbons (Fsp3) is 0.391. The van der Waals surface area contributed by atoms with Gasteiger partial charge < -0.3 is 10.2 Å². The van der Waals surface area contributed by atoms with E-state index in [1.807, 2.05) is 37.3 Å². The molecule has 0 aliphatic heterocycles. The van der Waals surface area contributed by atoms with Crippen molar-refractivity contribution in [3.63, 3.8) is 0 Å². The van der Waals surface area contributed by atoms with Crippen molar-refractivity contribution in [3.8, 4) is 0 Å². The Morgan fingerprint density at radius 2 is 1.70 bits per heavy atom. The normalized spacial score (nSPS) is 11.7. The summed E-state index contributed by atoms with van der Waals surface area (Å²) in [5, 5.41) is 3.92. The fourth-order valence-electron chi connectivity index (χ4n) is 3.02. The van der Waals surface area contributed by atoms with E-state index in [0.29, 0.717) is 28.6 Å². The minimum absolute atomic E-state index is 0.127. The topological polar surface area (TPSA) is 49.4 Å². The zero-order chi connectivity index (χ0) is 21.9. The van der Waals surface area contributed by atoms with E-state index in [1.54, 1.807) is 23.1 Å². The zero-order valence-corrected chi connectivity index (χ0v) is 19.7. The fourth-order valence-corrected chi connectivity index (χ4v) is 4.35. The summed E-state index contributed by atoms with van der Waals surface area (Å²) in [5.41, 5.74) is 0.652. The van der Waals surface area contributed by atoms with E-state index in [-0.39, 0.29) is 24.1 Å². The van der Waals surface area contributed by atoms with E-state index >= 15 is 0 Å². The Hall–Kier alpha value is -1.69. The second-order valence-corrected chi connectivity index (χ2v) is 8.76. The van der Waals surface area contributed by atoms with Gasteiger partial charge in [0.05, 0.1) is 5.75 Å². The van der Waals surface area contributed by atoms with Gasteiger partial charge in [0.15, 0.2) is 0 Å². The number of halogens is 2. The van der Waals surface area contributed by atoms with Crippen LogP contribution in [0.4, 0.5) is 0 Å². The van der Waals surface area contributed by atoms with Gasteiger partial charge in [-0.25, -0.2) is 0 Å². The van der Waals surface area contributed by atoms with E-state index in [4.69, 9.17) is 23.2 Å². The van der Waals surface area contributed by atoms with Crippen molar-refractivity contribution in [2.45, 2.75) is 50.6 Å². The third kappa shape index (κ3) is 7.22. The molecule has 0 saturated carbocycles. The van der Waals surface area contributed by atoms with Crippen molar-refractivity contribution in [2.75, 3.05) is 12.3 Å². The minimum Gasteiger partial charge on any atom is -0.354 e. The van der Waals surface area contributed by atoms with Crippen molar-refractivity contribution >= 4 is 46.8 Å². The van der Waals surface area contributed by atoms with Crippen LogP contribution in [-0.2, 0) is 16.1 Å². The molecule has 2 aromatic rings. The van der Waals surface area contributed by atoms with Gasteiger partial charge in [-0.15, -0.1) is 11.8 Å². The van der Waals surface area contributed by atoms with Crippen LogP contribution in [-0.4, -0.2) is 35.1 Å². The number of benzene rings is 2. The lowest BCUT2D eigenvalue weighted by Gasteiger charge is -2.31. The van der Waals surface area contributed by atoms with E-state index in [0.717, 1.165) is 17.7 Å². The van der Waals surface area contributed by atoms with Crippen molar-refractivity contribution in [1.82, 2.24) is 10.2 Å². The summed E-state index contributed by atoms with van der Waals surface area (Å²) < 4.78 is 0. The molecule has 1 unspecified atom stereocenters. The van der Waals surface area contributed by atoms with E-state index in [9.17, 15) is 9.59 Å². The molecule has 0 radical (unpaired) electrons. The summed E-state index contributed by atoms with van der Waals surface area (Å²) in [5.74, 6) is -0.0466. The highest BCUT2D eigenvalue weighted by atomic mass is 35.5. The molecule has 0 spiro atoms. The highest BCUT2D eigenvalue weighted by molar-refractivity contribution is 8.00. The Kier molecular flexibility index (Phi) is 10.6. The number of hydrogen-bond acceptors (Lipinski definition) is 3. The number of carbonyl (C=O) groups is 2. The van der Waals surface area contributed by atoms with E-state index < -0.39 is 6.04 Å². The SMILES string of the molecule is CCCCNC(=O)C(CC)N(Cc1c(Cl)cccc1Cl)C(=O)CSc1ccccc1. The first-order chi connectivity index (χ1) is 14.5. The molecule has 0 bridgehead atoms. The molecule has 30 heavy (non-hydrogen) atoms. The van der Waals surface area contributed by atoms with Gasteiger partial charge in [-0.1, -0.05) is 67.7 Å². The number of nitrogens with one attached hydrogen (secondary N) is 1. The molecule has 7 heteroatoms. The average molecular weight is 467 g/mol. The highest BCUT2D eigenvalue weighted by Gasteiger charge is 2.29. The Bertz CT molecular complexity index is 813. The smallest absolute Gasteiger partial charge is 0.242 e. The first kappa shape index (κ1) is 24.6. The molecule has 1 atom stereocenters. The van der Waals surface area contributed by atoms with Gasteiger partial charge in [-0.05, 0) is 37.1 Å². The molecule has 1 N–H and O–H groups in total. The Morgan fingerprint density at radius 1 is 1.03 bits per heavy atom. The maximum Gasteiger partial charge on any atom is 0.242 e. The van der Waals surface area contributed by atoms with Gasteiger partial charge in [-0.3, -0.25) is 9.59 Å². The summed E-state index contributed by atoms with van der Waals surface area (Å²) in [6.07, 6.45) is 2.39. The molecular weight excluding hydrogens is 439 g/mol. The predicted molar refractivity (Wildman–Crippen MR) is 126 cm³/mol. The number of carbonyl (C=O) groups excluding carboxylic acids is 2. The highest BCUT2D eigenvalue weighted by Crippen LogP contribution is 2.28.